The highest BCUT2D eigenvalue weighted by Gasteiger charge is 2.18. The third kappa shape index (κ3) is 5.95. The largest absolute Gasteiger partial charge is 0.340 e. The Morgan fingerprint density at radius 2 is 1.90 bits per heavy atom. The van der Waals surface area contributed by atoms with Gasteiger partial charge in [0.1, 0.15) is 11.5 Å². The van der Waals surface area contributed by atoms with Gasteiger partial charge in [0.2, 0.25) is 0 Å². The molecule has 1 aromatic carbocycles. The molecule has 0 radical (unpaired) electrons. The van der Waals surface area contributed by atoms with Crippen molar-refractivity contribution in [2.45, 2.75) is 33.1 Å². The van der Waals surface area contributed by atoms with Gasteiger partial charge in [-0.15, -0.1) is 0 Å². The maximum absolute atomic E-state index is 13.6. The van der Waals surface area contributed by atoms with Crippen molar-refractivity contribution in [2.75, 3.05) is 13.1 Å². The van der Waals surface area contributed by atoms with E-state index in [1.54, 1.807) is 18.2 Å². The van der Waals surface area contributed by atoms with Crippen LogP contribution < -0.4 is 15.9 Å². The second-order valence-corrected chi connectivity index (χ2v) is 10.2. The van der Waals surface area contributed by atoms with Crippen molar-refractivity contribution in [3.63, 3.8) is 0 Å². The molecule has 0 amide bonds. The maximum Gasteiger partial charge on any atom is 0.159 e. The van der Waals surface area contributed by atoms with Crippen LogP contribution in [-0.4, -0.2) is 38.2 Å². The number of hydrogen-bond donors (Lipinski definition) is 3. The Hall–Kier alpha value is -4.36. The number of aryl methyl sites for hydroxylation is 1. The summed E-state index contributed by atoms with van der Waals surface area (Å²) < 4.78 is 13.6. The van der Waals surface area contributed by atoms with Crippen molar-refractivity contribution in [1.29, 1.82) is 0 Å². The van der Waals surface area contributed by atoms with Crippen molar-refractivity contribution in [1.82, 2.24) is 30.5 Å². The molecule has 5 rings (SSSR count). The monoisotopic (exact) mass is 534 g/mol. The van der Waals surface area contributed by atoms with Crippen molar-refractivity contribution >= 4 is 23.3 Å². The van der Waals surface area contributed by atoms with Gasteiger partial charge >= 0.3 is 0 Å². The number of piperidine rings is 1. The number of benzene rings is 1. The third-order valence-corrected chi connectivity index (χ3v) is 7.39. The lowest BCUT2D eigenvalue weighted by Crippen LogP contribution is -2.28. The number of aromatic nitrogens is 5. The molecule has 3 N–H and O–H groups in total. The average Bonchev–Trinajstić information content (AvgIpc) is 3.55. The van der Waals surface area contributed by atoms with Crippen LogP contribution in [0.2, 0.25) is 0 Å². The van der Waals surface area contributed by atoms with Gasteiger partial charge in [-0.25, -0.2) is 9.37 Å². The van der Waals surface area contributed by atoms with E-state index < -0.39 is 0 Å². The van der Waals surface area contributed by atoms with Gasteiger partial charge in [0.05, 0.1) is 11.0 Å². The highest BCUT2D eigenvalue weighted by molar-refractivity contribution is 5.88. The highest BCUT2D eigenvalue weighted by Crippen LogP contribution is 2.27. The second kappa shape index (κ2) is 12.2. The first-order chi connectivity index (χ1) is 19.5. The van der Waals surface area contributed by atoms with E-state index in [2.05, 4.69) is 44.7 Å². The zero-order valence-corrected chi connectivity index (χ0v) is 23.1. The Morgan fingerprint density at radius 1 is 1.12 bits per heavy atom. The molecule has 0 aliphatic carbocycles. The predicted octanol–water partition coefficient (Wildman–Crippen LogP) is 5.10. The predicted molar refractivity (Wildman–Crippen MR) is 161 cm³/mol. The van der Waals surface area contributed by atoms with E-state index >= 15 is 0 Å². The number of halogens is 1. The van der Waals surface area contributed by atoms with E-state index in [1.165, 1.54) is 30.5 Å². The number of allylic oxidation sites excluding steroid dienone is 3. The summed E-state index contributed by atoms with van der Waals surface area (Å²) in [7, 11) is 0. The SMILES string of the molecule is C=C/C=C(/c1ccc(F)cc1)c1nc(-c2n[nH]c(=C/C)/c2=C\C(=C)c2cncc(CC3CCNCC3)c2)[nH]c1C. The van der Waals surface area contributed by atoms with E-state index in [0.29, 0.717) is 17.4 Å². The number of pyridine rings is 1. The summed E-state index contributed by atoms with van der Waals surface area (Å²) in [5.74, 6) is 1.03. The zero-order chi connectivity index (χ0) is 28.1. The summed E-state index contributed by atoms with van der Waals surface area (Å²) in [5.41, 5.74) is 7.10. The van der Waals surface area contributed by atoms with Gasteiger partial charge in [-0.2, -0.15) is 5.10 Å². The molecule has 0 spiro atoms. The van der Waals surface area contributed by atoms with Crippen LogP contribution in [0, 0.1) is 18.7 Å². The molecule has 0 unspecified atom stereocenters. The third-order valence-electron chi connectivity index (χ3n) is 7.39. The van der Waals surface area contributed by atoms with Crippen LogP contribution in [0.5, 0.6) is 0 Å². The fraction of sp³-hybridized carbons (Fsp3) is 0.242. The molecule has 40 heavy (non-hydrogen) atoms. The number of rotatable bonds is 8. The van der Waals surface area contributed by atoms with Gasteiger partial charge in [-0.1, -0.05) is 43.5 Å². The van der Waals surface area contributed by atoms with Crippen LogP contribution in [-0.2, 0) is 6.42 Å². The molecule has 6 nitrogen and oxygen atoms in total. The van der Waals surface area contributed by atoms with Crippen molar-refractivity contribution in [3.8, 4) is 11.5 Å². The number of nitrogens with one attached hydrogen (secondary N) is 3. The number of nitrogens with zero attached hydrogens (tertiary/aromatic N) is 3. The Kier molecular flexibility index (Phi) is 8.31. The summed E-state index contributed by atoms with van der Waals surface area (Å²) >= 11 is 0. The Labute approximate surface area is 234 Å². The van der Waals surface area contributed by atoms with Crippen LogP contribution in [0.25, 0.3) is 34.8 Å². The van der Waals surface area contributed by atoms with E-state index in [1.807, 2.05) is 44.5 Å². The van der Waals surface area contributed by atoms with Crippen molar-refractivity contribution in [2.24, 2.45) is 5.92 Å². The number of H-pyrrole nitrogens is 2. The summed E-state index contributed by atoms with van der Waals surface area (Å²) in [6.07, 6.45) is 14.9. The second-order valence-electron chi connectivity index (χ2n) is 10.2. The minimum atomic E-state index is -0.284. The average molecular weight is 535 g/mol. The molecule has 0 saturated carbocycles. The first kappa shape index (κ1) is 27.2. The van der Waals surface area contributed by atoms with Gasteiger partial charge in [-0.05, 0) is 98.7 Å². The molecular formula is C33H35FN6. The minimum absolute atomic E-state index is 0.284. The zero-order valence-electron chi connectivity index (χ0n) is 23.1. The molecule has 1 fully saturated rings. The van der Waals surface area contributed by atoms with E-state index in [4.69, 9.17) is 4.98 Å². The maximum atomic E-state index is 13.6. The minimum Gasteiger partial charge on any atom is -0.340 e. The number of imidazole rings is 1. The topological polar surface area (TPSA) is 82.3 Å². The molecule has 7 heteroatoms. The molecule has 204 valence electrons. The smallest absolute Gasteiger partial charge is 0.159 e. The van der Waals surface area contributed by atoms with E-state index in [0.717, 1.165) is 63.7 Å². The van der Waals surface area contributed by atoms with Gasteiger partial charge in [0.25, 0.3) is 0 Å². The van der Waals surface area contributed by atoms with Gasteiger partial charge in [-0.3, -0.25) is 10.1 Å². The lowest BCUT2D eigenvalue weighted by Gasteiger charge is -2.22. The molecule has 3 aromatic heterocycles. The van der Waals surface area contributed by atoms with E-state index in [9.17, 15) is 4.39 Å². The van der Waals surface area contributed by atoms with Crippen LogP contribution >= 0.6 is 0 Å². The molecule has 1 aliphatic heterocycles. The lowest BCUT2D eigenvalue weighted by molar-refractivity contribution is 0.372. The van der Waals surface area contributed by atoms with Crippen LogP contribution in [0.1, 0.15) is 47.8 Å². The summed E-state index contributed by atoms with van der Waals surface area (Å²) in [6, 6.07) is 8.58. The fourth-order valence-corrected chi connectivity index (χ4v) is 5.26. The highest BCUT2D eigenvalue weighted by atomic mass is 19.1. The quantitative estimate of drug-likeness (QED) is 0.275. The first-order valence-electron chi connectivity index (χ1n) is 13.7. The van der Waals surface area contributed by atoms with Crippen LogP contribution in [0.4, 0.5) is 4.39 Å². The fourth-order valence-electron chi connectivity index (χ4n) is 5.26. The molecular weight excluding hydrogens is 499 g/mol. The normalized spacial score (nSPS) is 15.5. The van der Waals surface area contributed by atoms with Crippen LogP contribution in [0.3, 0.4) is 0 Å². The van der Waals surface area contributed by atoms with Gasteiger partial charge in [0, 0.05) is 28.9 Å². The Morgan fingerprint density at radius 3 is 2.62 bits per heavy atom. The molecule has 1 saturated heterocycles. The molecule has 0 bridgehead atoms. The van der Waals surface area contributed by atoms with Gasteiger partial charge < -0.3 is 10.3 Å². The lowest BCUT2D eigenvalue weighted by atomic mass is 9.91. The van der Waals surface area contributed by atoms with Gasteiger partial charge in [0.15, 0.2) is 5.82 Å². The number of aromatic amines is 2. The summed E-state index contributed by atoms with van der Waals surface area (Å²) in [5, 5.41) is 13.0. The molecule has 1 aliphatic rings. The van der Waals surface area contributed by atoms with Crippen LogP contribution in [0.15, 0.2) is 68.0 Å². The molecule has 4 heterocycles. The van der Waals surface area contributed by atoms with E-state index in [-0.39, 0.29) is 5.82 Å². The first-order valence-corrected chi connectivity index (χ1v) is 13.7. The Bertz CT molecular complexity index is 1670. The molecule has 0 atom stereocenters. The standard InChI is InChI=1S/C33H35FN6/c1-5-7-28(25-8-10-27(34)11-9-25)31-22(4)37-33(38-31)32-29(30(6-2)39-40-32)16-21(3)26-18-24(19-36-20-26)17-23-12-14-35-15-13-23/h5-11,16,18-20,23,35,39H,1,3,12-15,17H2,2,4H3,(H,37,38)/b28-7-,29-16+,30-6+. The number of hydrogen-bond acceptors (Lipinski definition) is 4. The summed E-state index contributed by atoms with van der Waals surface area (Å²) in [6.45, 7) is 14.3. The molecule has 4 aromatic rings. The summed E-state index contributed by atoms with van der Waals surface area (Å²) in [4.78, 5) is 12.9. The van der Waals surface area contributed by atoms with Crippen molar-refractivity contribution in [3.05, 3.63) is 112 Å². The Balaban J connectivity index is 1.50. The van der Waals surface area contributed by atoms with Crippen molar-refractivity contribution < 1.29 is 4.39 Å².